The van der Waals surface area contributed by atoms with E-state index in [9.17, 15) is 9.59 Å². The molecule has 9 heteroatoms. The third-order valence-corrected chi connectivity index (χ3v) is 6.35. The molecule has 0 atom stereocenters. The fraction of sp³-hybridized carbons (Fsp3) is 0.0800. The number of hydrogen-bond donors (Lipinski definition) is 1. The predicted octanol–water partition coefficient (Wildman–Crippen LogP) is 5.77. The van der Waals surface area contributed by atoms with Crippen molar-refractivity contribution in [2.45, 2.75) is 0 Å². The number of anilines is 2. The molecule has 1 fully saturated rings. The van der Waals surface area contributed by atoms with Crippen LogP contribution in [0.25, 0.3) is 6.08 Å². The van der Waals surface area contributed by atoms with Crippen molar-refractivity contribution in [3.63, 3.8) is 0 Å². The number of benzene rings is 3. The third kappa shape index (κ3) is 5.77. The first-order valence-corrected chi connectivity index (χ1v) is 11.7. The van der Waals surface area contributed by atoms with Crippen LogP contribution in [-0.4, -0.2) is 29.9 Å². The predicted molar refractivity (Wildman–Crippen MR) is 141 cm³/mol. The summed E-state index contributed by atoms with van der Waals surface area (Å²) < 4.78 is 11.1. The summed E-state index contributed by atoms with van der Waals surface area (Å²) >= 11 is 12.6. The number of nitrogens with zero attached hydrogens (tertiary/aromatic N) is 1. The van der Waals surface area contributed by atoms with E-state index < -0.39 is 0 Å². The lowest BCUT2D eigenvalue weighted by Gasteiger charge is -2.14. The molecule has 0 saturated carbocycles. The highest BCUT2D eigenvalue weighted by atomic mass is 35.5. The molecule has 1 saturated heterocycles. The minimum Gasteiger partial charge on any atom is -0.497 e. The number of carbonyl (C=O) groups is 2. The Labute approximate surface area is 211 Å². The maximum absolute atomic E-state index is 12.9. The van der Waals surface area contributed by atoms with E-state index in [-0.39, 0.29) is 18.4 Å². The van der Waals surface area contributed by atoms with Crippen LogP contribution in [0, 0.1) is 0 Å². The van der Waals surface area contributed by atoms with Gasteiger partial charge in [0.1, 0.15) is 11.5 Å². The molecule has 0 spiro atoms. The lowest BCUT2D eigenvalue weighted by atomic mass is 10.2. The van der Waals surface area contributed by atoms with Crippen LogP contribution in [0.4, 0.5) is 11.4 Å². The number of hydrogen-bond acceptors (Lipinski definition) is 6. The molecule has 0 unspecified atom stereocenters. The number of methoxy groups -OCH3 is 1. The molecule has 6 nitrogen and oxygen atoms in total. The lowest BCUT2D eigenvalue weighted by molar-refractivity contribution is -0.118. The monoisotopic (exact) mass is 510 g/mol. The summed E-state index contributed by atoms with van der Waals surface area (Å²) in [5, 5.41) is 3.35. The molecule has 1 heterocycles. The highest BCUT2D eigenvalue weighted by molar-refractivity contribution is 8.27. The Morgan fingerprint density at radius 2 is 1.68 bits per heavy atom. The number of nitrogens with one attached hydrogen (secondary N) is 1. The van der Waals surface area contributed by atoms with Crippen molar-refractivity contribution < 1.29 is 19.1 Å². The SMILES string of the molecule is COc1ccc(NC(=O)COc2ccc(/C=C3\SC(=S)N(c4ccc(Cl)cc4)C3=O)cc2)cc1. The van der Waals surface area contributed by atoms with E-state index in [0.717, 1.165) is 5.56 Å². The Morgan fingerprint density at radius 3 is 2.32 bits per heavy atom. The number of amides is 2. The average molecular weight is 511 g/mol. The molecule has 2 amide bonds. The Kier molecular flexibility index (Phi) is 7.52. The topological polar surface area (TPSA) is 67.9 Å². The van der Waals surface area contributed by atoms with Crippen LogP contribution >= 0.6 is 35.6 Å². The van der Waals surface area contributed by atoms with E-state index in [0.29, 0.717) is 37.1 Å². The molecule has 4 rings (SSSR count). The minimum absolute atomic E-state index is 0.134. The van der Waals surface area contributed by atoms with Crippen molar-refractivity contribution in [3.05, 3.63) is 88.3 Å². The molecule has 1 N–H and O–H groups in total. The molecule has 3 aromatic rings. The minimum atomic E-state index is -0.278. The summed E-state index contributed by atoms with van der Waals surface area (Å²) in [7, 11) is 1.58. The van der Waals surface area contributed by atoms with Crippen LogP contribution in [0.5, 0.6) is 11.5 Å². The van der Waals surface area contributed by atoms with Gasteiger partial charge in [0.05, 0.1) is 17.7 Å². The van der Waals surface area contributed by atoms with E-state index >= 15 is 0 Å². The molecule has 1 aliphatic heterocycles. The zero-order valence-corrected chi connectivity index (χ0v) is 20.4. The largest absolute Gasteiger partial charge is 0.497 e. The van der Waals surface area contributed by atoms with Gasteiger partial charge >= 0.3 is 0 Å². The van der Waals surface area contributed by atoms with E-state index in [4.69, 9.17) is 33.3 Å². The zero-order chi connectivity index (χ0) is 24.1. The Bertz CT molecular complexity index is 1240. The second-order valence-electron chi connectivity index (χ2n) is 7.13. The van der Waals surface area contributed by atoms with E-state index in [1.165, 1.54) is 16.7 Å². The second-order valence-corrected chi connectivity index (χ2v) is 9.24. The number of rotatable bonds is 7. The first kappa shape index (κ1) is 23.8. The number of carbonyl (C=O) groups excluding carboxylic acids is 2. The van der Waals surface area contributed by atoms with Gasteiger partial charge in [-0.2, -0.15) is 0 Å². The van der Waals surface area contributed by atoms with Crippen LogP contribution in [0.1, 0.15) is 5.56 Å². The molecule has 172 valence electrons. The Balaban J connectivity index is 1.35. The molecule has 0 aromatic heterocycles. The van der Waals surface area contributed by atoms with Crippen molar-refractivity contribution >= 4 is 69.2 Å². The lowest BCUT2D eigenvalue weighted by Crippen LogP contribution is -2.27. The standard InChI is InChI=1S/C25H19ClN2O4S2/c1-31-20-12-6-18(7-13-20)27-23(29)15-32-21-10-2-16(3-11-21)14-22-24(30)28(25(33)34-22)19-8-4-17(26)5-9-19/h2-14H,15H2,1H3,(H,27,29)/b22-14-. The molecule has 3 aromatic carbocycles. The Morgan fingerprint density at radius 1 is 1.03 bits per heavy atom. The molecule has 0 radical (unpaired) electrons. The zero-order valence-electron chi connectivity index (χ0n) is 18.0. The number of halogens is 1. The van der Waals surface area contributed by atoms with Gasteiger partial charge in [-0.25, -0.2) is 0 Å². The van der Waals surface area contributed by atoms with Crippen molar-refractivity contribution in [2.75, 3.05) is 23.9 Å². The summed E-state index contributed by atoms with van der Waals surface area (Å²) in [6, 6.07) is 21.1. The first-order valence-electron chi connectivity index (χ1n) is 10.1. The summed E-state index contributed by atoms with van der Waals surface area (Å²) in [4.78, 5) is 27.0. The quantitative estimate of drug-likeness (QED) is 0.321. The first-order chi connectivity index (χ1) is 16.4. The Hall–Kier alpha value is -3.33. The van der Waals surface area contributed by atoms with Crippen molar-refractivity contribution in [1.82, 2.24) is 0 Å². The molecular formula is C25H19ClN2O4S2. The summed E-state index contributed by atoms with van der Waals surface area (Å²) in [6.07, 6.45) is 1.77. The van der Waals surface area contributed by atoms with Gasteiger partial charge in [-0.05, 0) is 72.3 Å². The summed E-state index contributed by atoms with van der Waals surface area (Å²) in [6.45, 7) is -0.134. The number of thiocarbonyl (C=S) groups is 1. The molecule has 34 heavy (non-hydrogen) atoms. The van der Waals surface area contributed by atoms with Crippen molar-refractivity contribution in [3.8, 4) is 11.5 Å². The summed E-state index contributed by atoms with van der Waals surface area (Å²) in [5.41, 5.74) is 2.14. The normalized spacial score (nSPS) is 14.4. The van der Waals surface area contributed by atoms with Gasteiger partial charge in [0.25, 0.3) is 11.8 Å². The third-order valence-electron chi connectivity index (χ3n) is 4.80. The highest BCUT2D eigenvalue weighted by Gasteiger charge is 2.33. The van der Waals surface area contributed by atoms with Crippen LogP contribution < -0.4 is 19.7 Å². The van der Waals surface area contributed by atoms with E-state index in [2.05, 4.69) is 5.32 Å². The van der Waals surface area contributed by atoms with Gasteiger partial charge in [0, 0.05) is 10.7 Å². The van der Waals surface area contributed by atoms with Gasteiger partial charge in [-0.1, -0.05) is 47.7 Å². The van der Waals surface area contributed by atoms with Gasteiger partial charge < -0.3 is 14.8 Å². The number of ether oxygens (including phenoxy) is 2. The van der Waals surface area contributed by atoms with Crippen molar-refractivity contribution in [2.24, 2.45) is 0 Å². The fourth-order valence-electron chi connectivity index (χ4n) is 3.11. The average Bonchev–Trinajstić information content (AvgIpc) is 3.12. The number of thioether (sulfide) groups is 1. The fourth-order valence-corrected chi connectivity index (χ4v) is 4.54. The molecule has 0 aliphatic carbocycles. The molecular weight excluding hydrogens is 492 g/mol. The maximum Gasteiger partial charge on any atom is 0.270 e. The van der Waals surface area contributed by atoms with Crippen LogP contribution in [0.2, 0.25) is 5.02 Å². The second kappa shape index (κ2) is 10.7. The highest BCUT2D eigenvalue weighted by Crippen LogP contribution is 2.36. The van der Waals surface area contributed by atoms with Crippen molar-refractivity contribution in [1.29, 1.82) is 0 Å². The maximum atomic E-state index is 12.9. The van der Waals surface area contributed by atoms with Crippen LogP contribution in [0.15, 0.2) is 77.7 Å². The smallest absolute Gasteiger partial charge is 0.270 e. The van der Waals surface area contributed by atoms with Gasteiger partial charge in [-0.15, -0.1) is 0 Å². The van der Waals surface area contributed by atoms with Crippen LogP contribution in [0.3, 0.4) is 0 Å². The molecule has 0 bridgehead atoms. The van der Waals surface area contributed by atoms with Gasteiger partial charge in [-0.3, -0.25) is 14.5 Å². The molecule has 1 aliphatic rings. The van der Waals surface area contributed by atoms with E-state index in [1.54, 1.807) is 73.8 Å². The van der Waals surface area contributed by atoms with Crippen LogP contribution in [-0.2, 0) is 9.59 Å². The summed E-state index contributed by atoms with van der Waals surface area (Å²) in [5.74, 6) is 0.783. The van der Waals surface area contributed by atoms with Gasteiger partial charge in [0.2, 0.25) is 0 Å². The van der Waals surface area contributed by atoms with Gasteiger partial charge in [0.15, 0.2) is 10.9 Å². The van der Waals surface area contributed by atoms with E-state index in [1.807, 2.05) is 12.1 Å².